The Hall–Kier alpha value is -1.34. The van der Waals surface area contributed by atoms with Gasteiger partial charge in [-0.05, 0) is 11.1 Å². The fraction of sp³-hybridized carbons (Fsp3) is 0.250. The van der Waals surface area contributed by atoms with Crippen molar-refractivity contribution in [2.45, 2.75) is 25.1 Å². The van der Waals surface area contributed by atoms with Crippen LogP contribution in [0, 0.1) is 0 Å². The van der Waals surface area contributed by atoms with Gasteiger partial charge in [-0.2, -0.15) is 0 Å². The van der Waals surface area contributed by atoms with Gasteiger partial charge < -0.3 is 0 Å². The van der Waals surface area contributed by atoms with Crippen LogP contribution in [0.25, 0.3) is 11.1 Å². The smallest absolute Gasteiger partial charge is 0.0652 e. The maximum atomic E-state index is 2.54. The first kappa shape index (κ1) is 10.8. The molecule has 86 valence electrons. The Morgan fingerprint density at radius 2 is 1.47 bits per heavy atom. The average molecular weight is 238 g/mol. The molecule has 0 amide bonds. The number of rotatable bonds is 2. The normalized spacial score (nSPS) is 17.5. The minimum atomic E-state index is -1.10. The zero-order valence-electron chi connectivity index (χ0n) is 10.3. The second-order valence-electron chi connectivity index (χ2n) is 5.33. The molecule has 0 bridgehead atoms. The summed E-state index contributed by atoms with van der Waals surface area (Å²) in [6.07, 6.45) is 1.44. The number of hydrogen-bond donors (Lipinski definition) is 0. The molecule has 1 saturated heterocycles. The largest absolute Gasteiger partial charge is 0.0844 e. The molecule has 1 fully saturated rings. The zero-order chi connectivity index (χ0) is 11.7. The van der Waals surface area contributed by atoms with Gasteiger partial charge in [0, 0.05) is 0 Å². The molecule has 1 heteroatoms. The van der Waals surface area contributed by atoms with Crippen molar-refractivity contribution >= 4 is 13.3 Å². The standard InChI is InChI=1S/C16H18Si/c1-17(12-7-13-17)16-11-6-5-10-15(16)14-8-3-2-4-9-14/h2-6,8-11H,7,12-13H2,1H3. The monoisotopic (exact) mass is 238 g/mol. The molecule has 0 aromatic heterocycles. The van der Waals surface area contributed by atoms with E-state index < -0.39 is 8.07 Å². The molecule has 2 aromatic carbocycles. The van der Waals surface area contributed by atoms with Crippen LogP contribution in [0.15, 0.2) is 54.6 Å². The first-order chi connectivity index (χ1) is 8.30. The van der Waals surface area contributed by atoms with Gasteiger partial charge in [-0.3, -0.25) is 0 Å². The van der Waals surface area contributed by atoms with E-state index in [1.165, 1.54) is 29.6 Å². The van der Waals surface area contributed by atoms with Crippen molar-refractivity contribution in [3.05, 3.63) is 54.6 Å². The molecule has 0 saturated carbocycles. The molecule has 2 aromatic rings. The Labute approximate surface area is 104 Å². The maximum Gasteiger partial charge on any atom is 0.0844 e. The third-order valence-electron chi connectivity index (χ3n) is 4.12. The summed E-state index contributed by atoms with van der Waals surface area (Å²) >= 11 is 0. The zero-order valence-corrected chi connectivity index (χ0v) is 11.3. The van der Waals surface area contributed by atoms with Crippen molar-refractivity contribution in [2.24, 2.45) is 0 Å². The van der Waals surface area contributed by atoms with Gasteiger partial charge >= 0.3 is 0 Å². The Morgan fingerprint density at radius 1 is 0.824 bits per heavy atom. The van der Waals surface area contributed by atoms with Crippen molar-refractivity contribution in [3.8, 4) is 11.1 Å². The SMILES string of the molecule is C[Si]1(c2ccccc2-c2ccccc2)CCC1. The lowest BCUT2D eigenvalue weighted by Crippen LogP contribution is -2.51. The lowest BCUT2D eigenvalue weighted by atomic mass is 10.1. The van der Waals surface area contributed by atoms with Crippen LogP contribution in [0.1, 0.15) is 6.42 Å². The minimum Gasteiger partial charge on any atom is -0.0652 e. The van der Waals surface area contributed by atoms with Gasteiger partial charge in [0.05, 0.1) is 8.07 Å². The van der Waals surface area contributed by atoms with E-state index in [1.54, 1.807) is 5.19 Å². The summed E-state index contributed by atoms with van der Waals surface area (Å²) in [7, 11) is -1.10. The summed E-state index contributed by atoms with van der Waals surface area (Å²) in [5.41, 5.74) is 2.85. The van der Waals surface area contributed by atoms with E-state index in [2.05, 4.69) is 61.1 Å². The molecule has 0 spiro atoms. The van der Waals surface area contributed by atoms with Gasteiger partial charge in [-0.15, -0.1) is 0 Å². The fourth-order valence-corrected chi connectivity index (χ4v) is 6.18. The highest BCUT2D eigenvalue weighted by molar-refractivity contribution is 6.93. The van der Waals surface area contributed by atoms with E-state index >= 15 is 0 Å². The predicted octanol–water partition coefficient (Wildman–Crippen LogP) is 4.04. The van der Waals surface area contributed by atoms with E-state index in [0.29, 0.717) is 0 Å². The van der Waals surface area contributed by atoms with Crippen molar-refractivity contribution in [2.75, 3.05) is 0 Å². The van der Waals surface area contributed by atoms with Gasteiger partial charge in [-0.25, -0.2) is 0 Å². The highest BCUT2D eigenvalue weighted by Gasteiger charge is 2.37. The van der Waals surface area contributed by atoms with Crippen molar-refractivity contribution in [3.63, 3.8) is 0 Å². The summed E-state index contributed by atoms with van der Waals surface area (Å²) in [5.74, 6) is 0. The summed E-state index contributed by atoms with van der Waals surface area (Å²) in [6.45, 7) is 2.54. The van der Waals surface area contributed by atoms with E-state index in [9.17, 15) is 0 Å². The number of hydrogen-bond acceptors (Lipinski definition) is 0. The van der Waals surface area contributed by atoms with Gasteiger partial charge in [0.15, 0.2) is 0 Å². The quantitative estimate of drug-likeness (QED) is 0.693. The summed E-state index contributed by atoms with van der Waals surface area (Å²) in [6, 6.07) is 22.8. The van der Waals surface area contributed by atoms with E-state index in [4.69, 9.17) is 0 Å². The average Bonchev–Trinajstić information content (AvgIpc) is 2.37. The van der Waals surface area contributed by atoms with Crippen LogP contribution in [0.4, 0.5) is 0 Å². The van der Waals surface area contributed by atoms with Crippen molar-refractivity contribution in [1.29, 1.82) is 0 Å². The lowest BCUT2D eigenvalue weighted by molar-refractivity contribution is 0.917. The second-order valence-corrected chi connectivity index (χ2v) is 9.99. The summed E-state index contributed by atoms with van der Waals surface area (Å²) < 4.78 is 0. The molecule has 0 aliphatic carbocycles. The van der Waals surface area contributed by atoms with Crippen LogP contribution in [0.5, 0.6) is 0 Å². The van der Waals surface area contributed by atoms with Crippen LogP contribution in [-0.2, 0) is 0 Å². The first-order valence-corrected chi connectivity index (χ1v) is 9.36. The van der Waals surface area contributed by atoms with E-state index in [0.717, 1.165) is 0 Å². The van der Waals surface area contributed by atoms with Crippen molar-refractivity contribution < 1.29 is 0 Å². The number of benzene rings is 2. The summed E-state index contributed by atoms with van der Waals surface area (Å²) in [5, 5.41) is 1.66. The van der Waals surface area contributed by atoms with E-state index in [-0.39, 0.29) is 0 Å². The third kappa shape index (κ3) is 1.85. The molecule has 1 aliphatic rings. The minimum absolute atomic E-state index is 1.10. The fourth-order valence-electron chi connectivity index (χ4n) is 2.86. The van der Waals surface area contributed by atoms with Crippen LogP contribution >= 0.6 is 0 Å². The van der Waals surface area contributed by atoms with Gasteiger partial charge in [0.2, 0.25) is 0 Å². The topological polar surface area (TPSA) is 0 Å². The Balaban J connectivity index is 2.11. The van der Waals surface area contributed by atoms with Gasteiger partial charge in [-0.1, -0.05) is 84.8 Å². The van der Waals surface area contributed by atoms with Crippen LogP contribution in [0.3, 0.4) is 0 Å². The molecule has 0 unspecified atom stereocenters. The molecule has 1 heterocycles. The predicted molar refractivity (Wildman–Crippen MR) is 77.4 cm³/mol. The van der Waals surface area contributed by atoms with Crippen LogP contribution in [0.2, 0.25) is 18.6 Å². The lowest BCUT2D eigenvalue weighted by Gasteiger charge is -2.38. The molecule has 17 heavy (non-hydrogen) atoms. The Morgan fingerprint density at radius 3 is 2.12 bits per heavy atom. The first-order valence-electron chi connectivity index (χ1n) is 6.45. The third-order valence-corrected chi connectivity index (χ3v) is 8.77. The molecule has 0 atom stereocenters. The Kier molecular flexibility index (Phi) is 2.64. The molecule has 0 nitrogen and oxygen atoms in total. The van der Waals surface area contributed by atoms with Gasteiger partial charge in [0.25, 0.3) is 0 Å². The maximum absolute atomic E-state index is 2.54. The van der Waals surface area contributed by atoms with Crippen LogP contribution in [-0.4, -0.2) is 8.07 Å². The summed E-state index contributed by atoms with van der Waals surface area (Å²) in [4.78, 5) is 0. The molecular weight excluding hydrogens is 220 g/mol. The highest BCUT2D eigenvalue weighted by atomic mass is 28.3. The molecule has 0 N–H and O–H groups in total. The second kappa shape index (κ2) is 4.15. The van der Waals surface area contributed by atoms with Gasteiger partial charge in [0.1, 0.15) is 0 Å². The Bertz CT molecular complexity index is 512. The van der Waals surface area contributed by atoms with E-state index in [1.807, 2.05) is 0 Å². The van der Waals surface area contributed by atoms with Crippen molar-refractivity contribution in [1.82, 2.24) is 0 Å². The molecule has 1 aliphatic heterocycles. The molecule has 3 rings (SSSR count). The molecule has 0 radical (unpaired) electrons. The van der Waals surface area contributed by atoms with Crippen LogP contribution < -0.4 is 5.19 Å². The highest BCUT2D eigenvalue weighted by Crippen LogP contribution is 2.34. The molecular formula is C16H18Si.